The molecular formula is C22H21F2N3O4. The van der Waals surface area contributed by atoms with Gasteiger partial charge in [0, 0.05) is 49.1 Å². The topological polar surface area (TPSA) is 79.0 Å². The lowest BCUT2D eigenvalue weighted by Crippen LogP contribution is -2.40. The van der Waals surface area contributed by atoms with Gasteiger partial charge >= 0.3 is 0 Å². The molecule has 2 heterocycles. The monoisotopic (exact) mass is 429 g/mol. The van der Waals surface area contributed by atoms with E-state index in [2.05, 4.69) is 5.32 Å². The average molecular weight is 429 g/mol. The van der Waals surface area contributed by atoms with Crippen LogP contribution < -0.4 is 10.2 Å². The van der Waals surface area contributed by atoms with Crippen LogP contribution >= 0.6 is 0 Å². The molecule has 4 rings (SSSR count). The molecule has 1 N–H and O–H groups in total. The van der Waals surface area contributed by atoms with Gasteiger partial charge in [-0.15, -0.1) is 0 Å². The fourth-order valence-electron chi connectivity index (χ4n) is 3.75. The predicted octanol–water partition coefficient (Wildman–Crippen LogP) is 2.43. The third kappa shape index (κ3) is 4.72. The minimum Gasteiger partial charge on any atom is -0.378 e. The van der Waals surface area contributed by atoms with Crippen LogP contribution in [0.5, 0.6) is 0 Å². The summed E-state index contributed by atoms with van der Waals surface area (Å²) in [5, 5.41) is 2.74. The summed E-state index contributed by atoms with van der Waals surface area (Å²) in [6.07, 6.45) is -0.0731. The lowest BCUT2D eigenvalue weighted by Gasteiger charge is -2.27. The summed E-state index contributed by atoms with van der Waals surface area (Å²) in [4.78, 5) is 40.6. The highest BCUT2D eigenvalue weighted by Gasteiger charge is 2.35. The van der Waals surface area contributed by atoms with Crippen molar-refractivity contribution in [2.45, 2.75) is 6.42 Å². The number of carbonyl (C=O) groups excluding carboxylic acids is 3. The summed E-state index contributed by atoms with van der Waals surface area (Å²) in [5.74, 6) is -3.20. The van der Waals surface area contributed by atoms with Gasteiger partial charge in [-0.2, -0.15) is 0 Å². The Labute approximate surface area is 177 Å². The first kappa shape index (κ1) is 20.9. The number of carbonyl (C=O) groups is 3. The molecule has 1 atom stereocenters. The van der Waals surface area contributed by atoms with Gasteiger partial charge < -0.3 is 19.9 Å². The second-order valence-corrected chi connectivity index (χ2v) is 7.51. The van der Waals surface area contributed by atoms with E-state index in [1.54, 1.807) is 29.2 Å². The molecule has 1 unspecified atom stereocenters. The van der Waals surface area contributed by atoms with Gasteiger partial charge in [0.1, 0.15) is 11.6 Å². The maximum absolute atomic E-state index is 13.5. The van der Waals surface area contributed by atoms with Crippen LogP contribution in [0.4, 0.5) is 20.2 Å². The van der Waals surface area contributed by atoms with Crippen LogP contribution in [0.25, 0.3) is 0 Å². The molecule has 2 aliphatic rings. The number of ether oxygens (including phenoxy) is 1. The Kier molecular flexibility index (Phi) is 5.94. The SMILES string of the molecule is O=C(Nc1cccc(C(=O)N2CCOCC2)c1)C1CC(=O)N(c2cc(F)cc(F)c2)C1. The molecule has 31 heavy (non-hydrogen) atoms. The first-order valence-corrected chi connectivity index (χ1v) is 9.95. The van der Waals surface area contributed by atoms with Gasteiger partial charge in [-0.25, -0.2) is 8.78 Å². The molecule has 9 heteroatoms. The zero-order valence-electron chi connectivity index (χ0n) is 16.6. The first-order valence-electron chi connectivity index (χ1n) is 9.95. The van der Waals surface area contributed by atoms with Crippen molar-refractivity contribution in [1.82, 2.24) is 4.90 Å². The van der Waals surface area contributed by atoms with Crippen molar-refractivity contribution in [2.24, 2.45) is 5.92 Å². The normalized spacial score (nSPS) is 18.9. The maximum atomic E-state index is 13.5. The summed E-state index contributed by atoms with van der Waals surface area (Å²) in [6, 6.07) is 9.43. The second-order valence-electron chi connectivity index (χ2n) is 7.51. The number of anilines is 2. The number of nitrogens with one attached hydrogen (secondary N) is 1. The third-order valence-corrected chi connectivity index (χ3v) is 5.33. The van der Waals surface area contributed by atoms with E-state index >= 15 is 0 Å². The van der Waals surface area contributed by atoms with E-state index in [1.165, 1.54) is 4.90 Å². The predicted molar refractivity (Wildman–Crippen MR) is 109 cm³/mol. The Morgan fingerprint density at radius 1 is 1.03 bits per heavy atom. The Bertz CT molecular complexity index is 1000. The average Bonchev–Trinajstić information content (AvgIpc) is 3.15. The zero-order chi connectivity index (χ0) is 22.0. The third-order valence-electron chi connectivity index (χ3n) is 5.33. The molecule has 2 aromatic carbocycles. The number of hydrogen-bond donors (Lipinski definition) is 1. The van der Waals surface area contributed by atoms with Crippen molar-refractivity contribution in [1.29, 1.82) is 0 Å². The highest BCUT2D eigenvalue weighted by Crippen LogP contribution is 2.27. The number of halogens is 2. The Balaban J connectivity index is 1.43. The van der Waals surface area contributed by atoms with Crippen LogP contribution in [0.3, 0.4) is 0 Å². The van der Waals surface area contributed by atoms with Crippen molar-refractivity contribution < 1.29 is 27.9 Å². The van der Waals surface area contributed by atoms with Crippen molar-refractivity contribution in [2.75, 3.05) is 43.1 Å². The Morgan fingerprint density at radius 3 is 2.45 bits per heavy atom. The second kappa shape index (κ2) is 8.81. The Hall–Kier alpha value is -3.33. The molecule has 7 nitrogen and oxygen atoms in total. The van der Waals surface area contributed by atoms with E-state index in [-0.39, 0.29) is 30.5 Å². The highest BCUT2D eigenvalue weighted by molar-refractivity contribution is 6.04. The first-order chi connectivity index (χ1) is 14.9. The number of amides is 3. The van der Waals surface area contributed by atoms with Gasteiger partial charge in [0.2, 0.25) is 11.8 Å². The maximum Gasteiger partial charge on any atom is 0.254 e. The molecule has 0 saturated carbocycles. The molecule has 0 aromatic heterocycles. The molecule has 2 fully saturated rings. The van der Waals surface area contributed by atoms with E-state index in [0.29, 0.717) is 37.6 Å². The van der Waals surface area contributed by atoms with E-state index in [1.807, 2.05) is 0 Å². The Morgan fingerprint density at radius 2 is 1.74 bits per heavy atom. The van der Waals surface area contributed by atoms with Crippen molar-refractivity contribution in [3.63, 3.8) is 0 Å². The minimum atomic E-state index is -0.794. The van der Waals surface area contributed by atoms with Crippen molar-refractivity contribution >= 4 is 29.1 Å². The van der Waals surface area contributed by atoms with Crippen LogP contribution in [0.1, 0.15) is 16.8 Å². The van der Waals surface area contributed by atoms with Crippen molar-refractivity contribution in [3.8, 4) is 0 Å². The van der Waals surface area contributed by atoms with Gasteiger partial charge in [0.15, 0.2) is 0 Å². The summed E-state index contributed by atoms with van der Waals surface area (Å²) in [6.45, 7) is 2.01. The van der Waals surface area contributed by atoms with Gasteiger partial charge in [-0.3, -0.25) is 14.4 Å². The van der Waals surface area contributed by atoms with Gasteiger partial charge in [-0.05, 0) is 30.3 Å². The molecule has 2 aromatic rings. The number of hydrogen-bond acceptors (Lipinski definition) is 4. The number of morpholine rings is 1. The molecular weight excluding hydrogens is 408 g/mol. The molecule has 2 saturated heterocycles. The summed E-state index contributed by atoms with van der Waals surface area (Å²) in [7, 11) is 0. The highest BCUT2D eigenvalue weighted by atomic mass is 19.1. The zero-order valence-corrected chi connectivity index (χ0v) is 16.6. The number of rotatable bonds is 4. The standard InChI is InChI=1S/C22H21F2N3O4/c23-16-10-17(24)12-19(11-16)27-13-15(9-20(27)28)21(29)25-18-3-1-2-14(8-18)22(30)26-4-6-31-7-5-26/h1-3,8,10-12,15H,4-7,9,13H2,(H,25,29). The number of nitrogens with zero attached hydrogens (tertiary/aromatic N) is 2. The van der Waals surface area contributed by atoms with Gasteiger partial charge in [-0.1, -0.05) is 6.07 Å². The molecule has 2 aliphatic heterocycles. The molecule has 0 radical (unpaired) electrons. The van der Waals surface area contributed by atoms with Gasteiger partial charge in [0.05, 0.1) is 19.1 Å². The fourth-order valence-corrected chi connectivity index (χ4v) is 3.75. The van der Waals surface area contributed by atoms with Crippen LogP contribution in [0.15, 0.2) is 42.5 Å². The van der Waals surface area contributed by atoms with Gasteiger partial charge in [0.25, 0.3) is 5.91 Å². The van der Waals surface area contributed by atoms with Crippen LogP contribution in [0, 0.1) is 17.6 Å². The van der Waals surface area contributed by atoms with E-state index in [9.17, 15) is 23.2 Å². The molecule has 0 bridgehead atoms. The number of benzene rings is 2. The molecule has 0 spiro atoms. The smallest absolute Gasteiger partial charge is 0.254 e. The quantitative estimate of drug-likeness (QED) is 0.810. The van der Waals surface area contributed by atoms with Crippen LogP contribution in [-0.2, 0) is 14.3 Å². The van der Waals surface area contributed by atoms with Crippen LogP contribution in [0.2, 0.25) is 0 Å². The van der Waals surface area contributed by atoms with E-state index in [0.717, 1.165) is 18.2 Å². The summed E-state index contributed by atoms with van der Waals surface area (Å²) >= 11 is 0. The largest absolute Gasteiger partial charge is 0.378 e. The lowest BCUT2D eigenvalue weighted by atomic mass is 10.1. The van der Waals surface area contributed by atoms with Crippen LogP contribution in [-0.4, -0.2) is 55.5 Å². The van der Waals surface area contributed by atoms with E-state index in [4.69, 9.17) is 4.74 Å². The minimum absolute atomic E-state index is 0.0138. The fraction of sp³-hybridized carbons (Fsp3) is 0.318. The molecule has 3 amide bonds. The molecule has 162 valence electrons. The van der Waals surface area contributed by atoms with E-state index < -0.39 is 23.5 Å². The summed E-state index contributed by atoms with van der Waals surface area (Å²) in [5.41, 5.74) is 0.960. The summed E-state index contributed by atoms with van der Waals surface area (Å²) < 4.78 is 32.2. The lowest BCUT2D eigenvalue weighted by molar-refractivity contribution is -0.122. The molecule has 0 aliphatic carbocycles. The van der Waals surface area contributed by atoms with Crippen molar-refractivity contribution in [3.05, 3.63) is 59.7 Å².